The minimum Gasteiger partial charge on any atom is -0.368 e. The number of nitrogens with one attached hydrogen (secondary N) is 2. The molecule has 1 aromatic heterocycles. The molecule has 0 radical (unpaired) electrons. The Morgan fingerprint density at radius 2 is 2.11 bits per heavy atom. The molecule has 0 aliphatic heterocycles. The van der Waals surface area contributed by atoms with Crippen LogP contribution in [0.25, 0.3) is 0 Å². The van der Waals surface area contributed by atoms with Crippen LogP contribution in [-0.4, -0.2) is 40.5 Å². The van der Waals surface area contributed by atoms with Crippen LogP contribution in [0, 0.1) is 6.92 Å². The maximum absolute atomic E-state index is 5.40. The van der Waals surface area contributed by atoms with Crippen molar-refractivity contribution in [3.8, 4) is 0 Å². The molecule has 1 atom stereocenters. The van der Waals surface area contributed by atoms with E-state index in [1.807, 2.05) is 6.92 Å². The highest BCUT2D eigenvalue weighted by Gasteiger charge is 2.28. The Balaban J connectivity index is 1.93. The summed E-state index contributed by atoms with van der Waals surface area (Å²) in [5, 5.41) is 3.36. The lowest BCUT2D eigenvalue weighted by molar-refractivity contribution is 0.257. The smallest absolute Gasteiger partial charge is 0.148 e. The Morgan fingerprint density at radius 1 is 1.44 bits per heavy atom. The van der Waals surface area contributed by atoms with E-state index in [-0.39, 0.29) is 0 Å². The van der Waals surface area contributed by atoms with Gasteiger partial charge in [-0.1, -0.05) is 0 Å². The van der Waals surface area contributed by atoms with Crippen LogP contribution >= 0.6 is 0 Å². The second kappa shape index (κ2) is 5.49. The van der Waals surface area contributed by atoms with Crippen molar-refractivity contribution in [3.05, 3.63) is 11.9 Å². The number of rotatable bonds is 6. The van der Waals surface area contributed by atoms with Gasteiger partial charge in [0.05, 0.1) is 0 Å². The van der Waals surface area contributed by atoms with Crippen molar-refractivity contribution in [1.29, 1.82) is 0 Å². The molecule has 1 aliphatic carbocycles. The van der Waals surface area contributed by atoms with Gasteiger partial charge in [0.1, 0.15) is 18.0 Å². The second-order valence-corrected chi connectivity index (χ2v) is 4.97. The normalized spacial score (nSPS) is 16.7. The SMILES string of the molecule is Cc1c(NN)ncnc1NCC(C)N(C)C1CC1. The van der Waals surface area contributed by atoms with E-state index in [1.54, 1.807) is 0 Å². The van der Waals surface area contributed by atoms with Crippen LogP contribution in [0.4, 0.5) is 11.6 Å². The van der Waals surface area contributed by atoms with Gasteiger partial charge < -0.3 is 10.7 Å². The largest absolute Gasteiger partial charge is 0.368 e. The molecule has 1 aromatic rings. The summed E-state index contributed by atoms with van der Waals surface area (Å²) in [6.07, 6.45) is 4.17. The van der Waals surface area contributed by atoms with Gasteiger partial charge in [-0.25, -0.2) is 15.8 Å². The van der Waals surface area contributed by atoms with Gasteiger partial charge in [-0.2, -0.15) is 0 Å². The molecule has 2 rings (SSSR count). The molecule has 1 aliphatic rings. The van der Waals surface area contributed by atoms with Gasteiger partial charge in [0.25, 0.3) is 0 Å². The fourth-order valence-electron chi connectivity index (χ4n) is 2.00. The van der Waals surface area contributed by atoms with E-state index < -0.39 is 0 Å². The third kappa shape index (κ3) is 2.88. The first-order valence-corrected chi connectivity index (χ1v) is 6.37. The molecule has 0 bridgehead atoms. The van der Waals surface area contributed by atoms with Gasteiger partial charge in [-0.15, -0.1) is 0 Å². The predicted octanol–water partition coefficient (Wildman–Crippen LogP) is 0.965. The Bertz CT molecular complexity index is 404. The number of nitrogens with two attached hydrogens (primary N) is 1. The Hall–Kier alpha value is -1.40. The van der Waals surface area contributed by atoms with Crippen molar-refractivity contribution >= 4 is 11.6 Å². The Kier molecular flexibility index (Phi) is 3.98. The number of anilines is 2. The summed E-state index contributed by atoms with van der Waals surface area (Å²) in [5.74, 6) is 6.90. The van der Waals surface area contributed by atoms with Gasteiger partial charge in [-0.05, 0) is 33.7 Å². The topological polar surface area (TPSA) is 79.1 Å². The summed E-state index contributed by atoms with van der Waals surface area (Å²) in [6, 6.07) is 1.26. The van der Waals surface area contributed by atoms with Gasteiger partial charge in [0.15, 0.2) is 0 Å². The lowest BCUT2D eigenvalue weighted by Crippen LogP contribution is -2.36. The first kappa shape index (κ1) is 13.0. The van der Waals surface area contributed by atoms with E-state index in [4.69, 9.17) is 5.84 Å². The van der Waals surface area contributed by atoms with Crippen molar-refractivity contribution in [2.24, 2.45) is 5.84 Å². The van der Waals surface area contributed by atoms with Crippen molar-refractivity contribution in [1.82, 2.24) is 14.9 Å². The van der Waals surface area contributed by atoms with Crippen molar-refractivity contribution in [2.45, 2.75) is 38.8 Å². The first-order valence-electron chi connectivity index (χ1n) is 6.37. The molecule has 6 nitrogen and oxygen atoms in total. The summed E-state index contributed by atoms with van der Waals surface area (Å²) < 4.78 is 0. The zero-order chi connectivity index (χ0) is 13.1. The minimum atomic E-state index is 0.487. The van der Waals surface area contributed by atoms with Crippen molar-refractivity contribution in [3.63, 3.8) is 0 Å². The van der Waals surface area contributed by atoms with Crippen LogP contribution in [0.5, 0.6) is 0 Å². The summed E-state index contributed by atoms with van der Waals surface area (Å²) in [5.41, 5.74) is 3.52. The molecule has 0 saturated heterocycles. The zero-order valence-corrected chi connectivity index (χ0v) is 11.3. The highest BCUT2D eigenvalue weighted by molar-refractivity contribution is 5.55. The molecule has 1 heterocycles. The van der Waals surface area contributed by atoms with Gasteiger partial charge in [0.2, 0.25) is 0 Å². The lowest BCUT2D eigenvalue weighted by Gasteiger charge is -2.25. The van der Waals surface area contributed by atoms with Crippen LogP contribution in [0.15, 0.2) is 6.33 Å². The highest BCUT2D eigenvalue weighted by atomic mass is 15.3. The maximum atomic E-state index is 5.40. The molecule has 6 heteroatoms. The molecular weight excluding hydrogens is 228 g/mol. The second-order valence-electron chi connectivity index (χ2n) is 4.97. The summed E-state index contributed by atoms with van der Waals surface area (Å²) >= 11 is 0. The van der Waals surface area contributed by atoms with Gasteiger partial charge >= 0.3 is 0 Å². The standard InChI is InChI=1S/C12H22N6/c1-8(18(3)10-4-5-10)6-14-11-9(2)12(17-13)16-7-15-11/h7-8,10H,4-6,13H2,1-3H3,(H2,14,15,16,17). The number of aromatic nitrogens is 2. The lowest BCUT2D eigenvalue weighted by atomic mass is 10.2. The van der Waals surface area contributed by atoms with E-state index >= 15 is 0 Å². The number of hydrogen-bond donors (Lipinski definition) is 3. The fraction of sp³-hybridized carbons (Fsp3) is 0.667. The molecule has 0 spiro atoms. The maximum Gasteiger partial charge on any atom is 0.148 e. The average Bonchev–Trinajstić information content (AvgIpc) is 3.20. The third-order valence-electron chi connectivity index (χ3n) is 3.60. The van der Waals surface area contributed by atoms with Gasteiger partial charge in [-0.3, -0.25) is 4.90 Å². The summed E-state index contributed by atoms with van der Waals surface area (Å²) in [7, 11) is 2.18. The predicted molar refractivity (Wildman–Crippen MR) is 73.3 cm³/mol. The summed E-state index contributed by atoms with van der Waals surface area (Å²) in [4.78, 5) is 10.7. The number of nitrogens with zero attached hydrogens (tertiary/aromatic N) is 3. The quantitative estimate of drug-likeness (QED) is 0.515. The van der Waals surface area contributed by atoms with E-state index in [1.165, 1.54) is 19.2 Å². The molecule has 0 amide bonds. The minimum absolute atomic E-state index is 0.487. The number of hydrazine groups is 1. The van der Waals surface area contributed by atoms with E-state index in [2.05, 4.69) is 39.6 Å². The molecule has 1 fully saturated rings. The van der Waals surface area contributed by atoms with Crippen LogP contribution in [0.1, 0.15) is 25.3 Å². The molecule has 100 valence electrons. The number of hydrogen-bond acceptors (Lipinski definition) is 6. The van der Waals surface area contributed by atoms with E-state index in [0.29, 0.717) is 11.9 Å². The molecule has 18 heavy (non-hydrogen) atoms. The molecule has 0 aromatic carbocycles. The Morgan fingerprint density at radius 3 is 2.72 bits per heavy atom. The molecule has 1 unspecified atom stereocenters. The monoisotopic (exact) mass is 250 g/mol. The highest BCUT2D eigenvalue weighted by Crippen LogP contribution is 2.27. The average molecular weight is 250 g/mol. The van der Waals surface area contributed by atoms with Crippen LogP contribution in [0.3, 0.4) is 0 Å². The number of likely N-dealkylation sites (N-methyl/N-ethyl adjacent to an activating group) is 1. The fourth-order valence-corrected chi connectivity index (χ4v) is 2.00. The van der Waals surface area contributed by atoms with Gasteiger partial charge in [0, 0.05) is 24.2 Å². The summed E-state index contributed by atoms with van der Waals surface area (Å²) in [6.45, 7) is 5.05. The zero-order valence-electron chi connectivity index (χ0n) is 11.3. The number of nitrogen functional groups attached to an aromatic ring is 1. The van der Waals surface area contributed by atoms with E-state index in [9.17, 15) is 0 Å². The third-order valence-corrected chi connectivity index (χ3v) is 3.60. The Labute approximate surface area is 108 Å². The molecular formula is C12H22N6. The van der Waals surface area contributed by atoms with Crippen molar-refractivity contribution < 1.29 is 0 Å². The van der Waals surface area contributed by atoms with Crippen LogP contribution in [-0.2, 0) is 0 Å². The van der Waals surface area contributed by atoms with Crippen molar-refractivity contribution in [2.75, 3.05) is 24.3 Å². The van der Waals surface area contributed by atoms with Crippen LogP contribution < -0.4 is 16.6 Å². The molecule has 1 saturated carbocycles. The van der Waals surface area contributed by atoms with Crippen LogP contribution in [0.2, 0.25) is 0 Å². The first-order chi connectivity index (χ1) is 8.63. The molecule has 4 N–H and O–H groups in total. The van der Waals surface area contributed by atoms with E-state index in [0.717, 1.165) is 24.0 Å².